The number of carbonyl (C=O) groups excluding carboxylic acids is 1. The van der Waals surface area contributed by atoms with Crippen molar-refractivity contribution in [2.45, 2.75) is 43.8 Å². The van der Waals surface area contributed by atoms with Gasteiger partial charge in [-0.3, -0.25) is 4.90 Å². The molecule has 0 aliphatic carbocycles. The Morgan fingerprint density at radius 1 is 1.06 bits per heavy atom. The van der Waals surface area contributed by atoms with Gasteiger partial charge in [0.25, 0.3) is 0 Å². The summed E-state index contributed by atoms with van der Waals surface area (Å²) in [6, 6.07) is 12.4. The standard InChI is InChI=1S/C26H33N3O4S/c1-27(2)26(30)29-12-9-19(10-13-29)18-33-24-8-7-22(23-11-14-34(31,32)25(23)24)17-28-15-20-5-3-4-6-21(20)16-28/h3-8,19H,9-18H2,1-2H3. The topological polar surface area (TPSA) is 70.2 Å². The summed E-state index contributed by atoms with van der Waals surface area (Å²) in [6.07, 6.45) is 2.28. The molecular weight excluding hydrogens is 450 g/mol. The maximum absolute atomic E-state index is 12.9. The van der Waals surface area contributed by atoms with Gasteiger partial charge in [0.05, 0.1) is 12.4 Å². The Labute approximate surface area is 202 Å². The summed E-state index contributed by atoms with van der Waals surface area (Å²) in [6.45, 7) is 4.42. The Balaban J connectivity index is 1.26. The molecule has 182 valence electrons. The number of fused-ring (bicyclic) bond motifs is 2. The molecule has 1 fully saturated rings. The van der Waals surface area contributed by atoms with E-state index < -0.39 is 9.84 Å². The van der Waals surface area contributed by atoms with Crippen LogP contribution >= 0.6 is 0 Å². The van der Waals surface area contributed by atoms with Gasteiger partial charge < -0.3 is 14.5 Å². The molecule has 0 bridgehead atoms. The van der Waals surface area contributed by atoms with E-state index >= 15 is 0 Å². The lowest BCUT2D eigenvalue weighted by molar-refractivity contribution is 0.128. The van der Waals surface area contributed by atoms with Gasteiger partial charge in [-0.25, -0.2) is 13.2 Å². The Kier molecular flexibility index (Phi) is 6.29. The molecule has 1 saturated heterocycles. The van der Waals surface area contributed by atoms with Gasteiger partial charge in [0.1, 0.15) is 10.6 Å². The van der Waals surface area contributed by atoms with Gasteiger partial charge in [-0.05, 0) is 53.5 Å². The van der Waals surface area contributed by atoms with E-state index in [0.717, 1.165) is 43.6 Å². The molecular formula is C26H33N3O4S. The summed E-state index contributed by atoms with van der Waals surface area (Å²) >= 11 is 0. The minimum atomic E-state index is -3.33. The molecule has 2 aromatic carbocycles. The summed E-state index contributed by atoms with van der Waals surface area (Å²) in [5.74, 6) is 0.961. The monoisotopic (exact) mass is 483 g/mol. The van der Waals surface area contributed by atoms with E-state index in [9.17, 15) is 13.2 Å². The molecule has 3 aliphatic rings. The van der Waals surface area contributed by atoms with Crippen molar-refractivity contribution in [2.75, 3.05) is 39.5 Å². The molecule has 5 rings (SSSR count). The summed E-state index contributed by atoms with van der Waals surface area (Å²) < 4.78 is 32.0. The van der Waals surface area contributed by atoms with Crippen LogP contribution < -0.4 is 4.74 Å². The number of ether oxygens (including phenoxy) is 1. The number of amides is 2. The van der Waals surface area contributed by atoms with Crippen LogP contribution in [-0.2, 0) is 35.9 Å². The normalized spacial score (nSPS) is 19.6. The fourth-order valence-corrected chi connectivity index (χ4v) is 7.12. The predicted octanol–water partition coefficient (Wildman–Crippen LogP) is 3.30. The lowest BCUT2D eigenvalue weighted by Gasteiger charge is -2.33. The highest BCUT2D eigenvalue weighted by molar-refractivity contribution is 7.91. The van der Waals surface area contributed by atoms with Crippen LogP contribution in [0.5, 0.6) is 5.75 Å². The number of hydrogen-bond acceptors (Lipinski definition) is 5. The molecule has 0 radical (unpaired) electrons. The minimum absolute atomic E-state index is 0.0416. The van der Waals surface area contributed by atoms with E-state index in [1.54, 1.807) is 19.0 Å². The lowest BCUT2D eigenvalue weighted by atomic mass is 9.98. The minimum Gasteiger partial charge on any atom is -0.492 e. The predicted molar refractivity (Wildman–Crippen MR) is 130 cm³/mol. The van der Waals surface area contributed by atoms with Gasteiger partial charge >= 0.3 is 6.03 Å². The molecule has 0 unspecified atom stereocenters. The average molecular weight is 484 g/mol. The average Bonchev–Trinajstić information content (AvgIpc) is 3.38. The van der Waals surface area contributed by atoms with Crippen LogP contribution in [0.1, 0.15) is 35.1 Å². The third-order valence-corrected chi connectivity index (χ3v) is 9.11. The molecule has 2 amide bonds. The number of carbonyl (C=O) groups is 1. The Morgan fingerprint density at radius 2 is 1.74 bits per heavy atom. The first kappa shape index (κ1) is 23.2. The molecule has 3 heterocycles. The SMILES string of the molecule is CN(C)C(=O)N1CCC(COc2ccc(CN3Cc4ccccc4C3)c3c2S(=O)(=O)CC3)CC1. The van der Waals surface area contributed by atoms with Crippen molar-refractivity contribution in [3.63, 3.8) is 0 Å². The second-order valence-electron chi connectivity index (χ2n) is 9.93. The van der Waals surface area contributed by atoms with Crippen molar-refractivity contribution in [2.24, 2.45) is 5.92 Å². The molecule has 0 atom stereocenters. The Morgan fingerprint density at radius 3 is 2.38 bits per heavy atom. The molecule has 2 aromatic rings. The van der Waals surface area contributed by atoms with Gasteiger partial charge in [0.15, 0.2) is 9.84 Å². The van der Waals surface area contributed by atoms with Gasteiger partial charge in [0, 0.05) is 46.8 Å². The van der Waals surface area contributed by atoms with Crippen molar-refractivity contribution in [3.8, 4) is 5.75 Å². The molecule has 0 aromatic heterocycles. The number of hydrogen-bond donors (Lipinski definition) is 0. The smallest absolute Gasteiger partial charge is 0.319 e. The fraction of sp³-hybridized carbons (Fsp3) is 0.500. The van der Waals surface area contributed by atoms with Crippen LogP contribution in [0.3, 0.4) is 0 Å². The van der Waals surface area contributed by atoms with Crippen LogP contribution in [0.15, 0.2) is 41.3 Å². The van der Waals surface area contributed by atoms with Crippen LogP contribution in [0.4, 0.5) is 4.79 Å². The first-order valence-corrected chi connectivity index (χ1v) is 13.7. The van der Waals surface area contributed by atoms with E-state index in [4.69, 9.17) is 4.74 Å². The quantitative estimate of drug-likeness (QED) is 0.653. The van der Waals surface area contributed by atoms with Crippen molar-refractivity contribution >= 4 is 15.9 Å². The first-order chi connectivity index (χ1) is 16.3. The van der Waals surface area contributed by atoms with Crippen molar-refractivity contribution < 1.29 is 17.9 Å². The molecule has 8 heteroatoms. The van der Waals surface area contributed by atoms with Crippen LogP contribution in [0.25, 0.3) is 0 Å². The number of nitrogens with zero attached hydrogens (tertiary/aromatic N) is 3. The van der Waals surface area contributed by atoms with Crippen LogP contribution in [0.2, 0.25) is 0 Å². The van der Waals surface area contributed by atoms with Crippen molar-refractivity contribution in [1.29, 1.82) is 0 Å². The van der Waals surface area contributed by atoms with Crippen LogP contribution in [0, 0.1) is 5.92 Å². The fourth-order valence-electron chi connectivity index (χ4n) is 5.40. The largest absolute Gasteiger partial charge is 0.492 e. The number of rotatable bonds is 5. The maximum Gasteiger partial charge on any atom is 0.319 e. The Bertz CT molecular complexity index is 1160. The zero-order chi connectivity index (χ0) is 23.9. The third-order valence-electron chi connectivity index (χ3n) is 7.30. The van der Waals surface area contributed by atoms with Crippen molar-refractivity contribution in [1.82, 2.24) is 14.7 Å². The molecule has 3 aliphatic heterocycles. The van der Waals surface area contributed by atoms with E-state index in [0.29, 0.717) is 42.7 Å². The van der Waals surface area contributed by atoms with Gasteiger partial charge in [-0.15, -0.1) is 0 Å². The Hall–Kier alpha value is -2.58. The van der Waals surface area contributed by atoms with Gasteiger partial charge in [-0.2, -0.15) is 0 Å². The zero-order valence-corrected chi connectivity index (χ0v) is 20.8. The van der Waals surface area contributed by atoms with Gasteiger partial charge in [-0.1, -0.05) is 30.3 Å². The number of sulfone groups is 1. The molecule has 0 spiro atoms. The molecule has 7 nitrogen and oxygen atoms in total. The number of likely N-dealkylation sites (tertiary alicyclic amines) is 1. The molecule has 0 N–H and O–H groups in total. The second kappa shape index (κ2) is 9.23. The lowest BCUT2D eigenvalue weighted by Crippen LogP contribution is -2.44. The van der Waals surface area contributed by atoms with Gasteiger partial charge in [0.2, 0.25) is 0 Å². The second-order valence-corrected chi connectivity index (χ2v) is 12.0. The summed E-state index contributed by atoms with van der Waals surface area (Å²) in [5.41, 5.74) is 4.72. The number of benzene rings is 2. The highest BCUT2D eigenvalue weighted by atomic mass is 32.2. The van der Waals surface area contributed by atoms with E-state index in [1.807, 2.05) is 11.0 Å². The van der Waals surface area contributed by atoms with Crippen molar-refractivity contribution in [3.05, 3.63) is 58.7 Å². The highest BCUT2D eigenvalue weighted by Gasteiger charge is 2.34. The third kappa shape index (κ3) is 4.53. The van der Waals surface area contributed by atoms with E-state index in [2.05, 4.69) is 35.2 Å². The summed E-state index contributed by atoms with van der Waals surface area (Å²) in [4.78, 5) is 18.4. The van der Waals surface area contributed by atoms with E-state index in [-0.39, 0.29) is 11.8 Å². The maximum atomic E-state index is 12.9. The first-order valence-electron chi connectivity index (χ1n) is 12.1. The summed E-state index contributed by atoms with van der Waals surface area (Å²) in [7, 11) is 0.207. The highest BCUT2D eigenvalue weighted by Crippen LogP contribution is 2.38. The van der Waals surface area contributed by atoms with Crippen LogP contribution in [-0.4, -0.2) is 68.7 Å². The number of urea groups is 1. The molecule has 0 saturated carbocycles. The zero-order valence-electron chi connectivity index (χ0n) is 20.0. The summed E-state index contributed by atoms with van der Waals surface area (Å²) in [5, 5.41) is 0. The molecule has 34 heavy (non-hydrogen) atoms. The number of piperidine rings is 1. The van der Waals surface area contributed by atoms with E-state index in [1.165, 1.54) is 11.1 Å².